The summed E-state index contributed by atoms with van der Waals surface area (Å²) < 4.78 is 10.6. The van der Waals surface area contributed by atoms with Crippen molar-refractivity contribution in [2.75, 3.05) is 0 Å². The van der Waals surface area contributed by atoms with E-state index in [-0.39, 0.29) is 23.8 Å². The Bertz CT molecular complexity index is 1690. The van der Waals surface area contributed by atoms with Crippen molar-refractivity contribution in [2.45, 2.75) is 40.0 Å². The first-order valence-corrected chi connectivity index (χ1v) is 12.3. The van der Waals surface area contributed by atoms with Crippen molar-refractivity contribution in [1.82, 2.24) is 23.9 Å². The number of fused-ring (bicyclic) bond motifs is 1. The SMILES string of the molecule is Cc1c2c(=O)n(-c3ccccn3)n(Cc3ccc(OC(C)C)cc3)c2cc(=O)n1Cc1cccc(Cl)n1. The summed E-state index contributed by atoms with van der Waals surface area (Å²) in [5, 5.41) is 0.796. The molecule has 8 nitrogen and oxygen atoms in total. The average Bonchev–Trinajstić information content (AvgIpc) is 3.14. The van der Waals surface area contributed by atoms with E-state index in [1.54, 1.807) is 52.7 Å². The third kappa shape index (κ3) is 4.93. The number of nitrogens with zero attached hydrogens (tertiary/aromatic N) is 5. The molecule has 0 aliphatic rings. The lowest BCUT2D eigenvalue weighted by molar-refractivity contribution is 0.242. The van der Waals surface area contributed by atoms with Crippen molar-refractivity contribution in [3.05, 3.63) is 116 Å². The van der Waals surface area contributed by atoms with E-state index in [1.165, 1.54) is 10.7 Å². The molecule has 0 atom stereocenters. The van der Waals surface area contributed by atoms with Crippen LogP contribution >= 0.6 is 11.6 Å². The predicted octanol–water partition coefficient (Wildman–Crippen LogP) is 4.59. The van der Waals surface area contributed by atoms with Gasteiger partial charge in [0, 0.05) is 18.0 Å². The summed E-state index contributed by atoms with van der Waals surface area (Å²) in [4.78, 5) is 35.9. The minimum Gasteiger partial charge on any atom is -0.491 e. The Kier molecular flexibility index (Phi) is 6.67. The first kappa shape index (κ1) is 24.5. The highest BCUT2D eigenvalue weighted by molar-refractivity contribution is 6.29. The molecule has 188 valence electrons. The molecular weight excluding hydrogens is 490 g/mol. The van der Waals surface area contributed by atoms with E-state index in [2.05, 4.69) is 9.97 Å². The summed E-state index contributed by atoms with van der Waals surface area (Å²) in [7, 11) is 0. The van der Waals surface area contributed by atoms with E-state index >= 15 is 0 Å². The Morgan fingerprint density at radius 3 is 2.43 bits per heavy atom. The van der Waals surface area contributed by atoms with Crippen LogP contribution in [-0.2, 0) is 13.1 Å². The highest BCUT2D eigenvalue weighted by Crippen LogP contribution is 2.20. The fraction of sp³-hybridized carbons (Fsp3) is 0.214. The molecule has 0 spiro atoms. The van der Waals surface area contributed by atoms with E-state index in [9.17, 15) is 9.59 Å². The summed E-state index contributed by atoms with van der Waals surface area (Å²) in [6, 6.07) is 19.9. The van der Waals surface area contributed by atoms with Gasteiger partial charge in [-0.1, -0.05) is 35.9 Å². The van der Waals surface area contributed by atoms with Gasteiger partial charge in [-0.05, 0) is 62.7 Å². The zero-order chi connectivity index (χ0) is 26.1. The van der Waals surface area contributed by atoms with Crippen LogP contribution < -0.4 is 15.9 Å². The third-order valence-corrected chi connectivity index (χ3v) is 6.27. The smallest absolute Gasteiger partial charge is 0.282 e. The molecule has 5 rings (SSSR count). The molecule has 0 fully saturated rings. The van der Waals surface area contributed by atoms with Crippen LogP contribution in [0.1, 0.15) is 30.8 Å². The van der Waals surface area contributed by atoms with Crippen molar-refractivity contribution in [2.24, 2.45) is 0 Å². The van der Waals surface area contributed by atoms with Crippen molar-refractivity contribution in [3.8, 4) is 11.6 Å². The molecular formula is C28H26ClN5O3. The minimum absolute atomic E-state index is 0.0702. The van der Waals surface area contributed by atoms with Gasteiger partial charge in [0.1, 0.15) is 10.9 Å². The largest absolute Gasteiger partial charge is 0.491 e. The van der Waals surface area contributed by atoms with Gasteiger partial charge >= 0.3 is 0 Å². The molecule has 0 bridgehead atoms. The zero-order valence-corrected chi connectivity index (χ0v) is 21.5. The van der Waals surface area contributed by atoms with E-state index in [4.69, 9.17) is 16.3 Å². The van der Waals surface area contributed by atoms with Crippen LogP contribution in [0.15, 0.2) is 82.5 Å². The number of hydrogen-bond acceptors (Lipinski definition) is 5. The summed E-state index contributed by atoms with van der Waals surface area (Å²) in [5.41, 5.74) is 2.18. The number of benzene rings is 1. The summed E-state index contributed by atoms with van der Waals surface area (Å²) in [6.07, 6.45) is 1.71. The van der Waals surface area contributed by atoms with Gasteiger partial charge < -0.3 is 9.30 Å². The molecule has 0 radical (unpaired) electrons. The molecule has 1 aromatic carbocycles. The number of hydrogen-bond donors (Lipinski definition) is 0. The van der Waals surface area contributed by atoms with Crippen LogP contribution in [-0.4, -0.2) is 30.0 Å². The van der Waals surface area contributed by atoms with Crippen LogP contribution in [0.5, 0.6) is 5.75 Å². The lowest BCUT2D eigenvalue weighted by atomic mass is 10.2. The van der Waals surface area contributed by atoms with Gasteiger partial charge in [0.25, 0.3) is 11.1 Å². The maximum Gasteiger partial charge on any atom is 0.282 e. The Morgan fingerprint density at radius 1 is 0.973 bits per heavy atom. The molecule has 0 unspecified atom stereocenters. The van der Waals surface area contributed by atoms with Crippen LogP contribution in [0.4, 0.5) is 0 Å². The van der Waals surface area contributed by atoms with Crippen LogP contribution in [0.25, 0.3) is 16.7 Å². The van der Waals surface area contributed by atoms with Gasteiger partial charge in [-0.2, -0.15) is 4.68 Å². The molecule has 0 saturated heterocycles. The summed E-state index contributed by atoms with van der Waals surface area (Å²) in [5.74, 6) is 1.24. The number of aryl methyl sites for hydroxylation is 1. The molecule has 9 heteroatoms. The van der Waals surface area contributed by atoms with Gasteiger partial charge in [-0.25, -0.2) is 9.97 Å². The second-order valence-electron chi connectivity index (χ2n) is 9.04. The van der Waals surface area contributed by atoms with Gasteiger partial charge in [0.15, 0.2) is 5.82 Å². The number of halogens is 1. The van der Waals surface area contributed by atoms with E-state index in [0.717, 1.165) is 11.3 Å². The zero-order valence-electron chi connectivity index (χ0n) is 20.8. The lowest BCUT2D eigenvalue weighted by Gasteiger charge is -2.14. The molecule has 0 aliphatic carbocycles. The Balaban J connectivity index is 1.67. The van der Waals surface area contributed by atoms with E-state index in [1.807, 2.05) is 44.2 Å². The number of rotatable bonds is 7. The second kappa shape index (κ2) is 10.1. The quantitative estimate of drug-likeness (QED) is 0.296. The van der Waals surface area contributed by atoms with E-state index < -0.39 is 0 Å². The molecule has 0 saturated carbocycles. The first-order valence-electron chi connectivity index (χ1n) is 12.0. The highest BCUT2D eigenvalue weighted by Gasteiger charge is 2.21. The third-order valence-electron chi connectivity index (χ3n) is 6.06. The fourth-order valence-corrected chi connectivity index (χ4v) is 4.60. The number of pyridine rings is 3. The van der Waals surface area contributed by atoms with Crippen molar-refractivity contribution in [3.63, 3.8) is 0 Å². The van der Waals surface area contributed by atoms with Crippen LogP contribution in [0.3, 0.4) is 0 Å². The standard InChI is InChI=1S/C28H26ClN5O3/c1-18(2)37-22-12-10-20(11-13-22)16-33-23-15-26(35)32(17-21-7-6-8-24(29)31-21)19(3)27(23)28(36)34(33)25-9-4-5-14-30-25/h4-15,18H,16-17H2,1-3H3. The van der Waals surface area contributed by atoms with Crippen LogP contribution in [0.2, 0.25) is 5.15 Å². The minimum atomic E-state index is -0.251. The molecule has 0 aliphatic heterocycles. The molecule has 4 heterocycles. The number of aromatic nitrogens is 5. The molecule has 4 aromatic heterocycles. The Labute approximate surface area is 218 Å². The Morgan fingerprint density at radius 2 is 1.76 bits per heavy atom. The van der Waals surface area contributed by atoms with Gasteiger partial charge in [-0.15, -0.1) is 0 Å². The normalized spacial score (nSPS) is 11.4. The maximum absolute atomic E-state index is 13.8. The van der Waals surface area contributed by atoms with Gasteiger partial charge in [0.2, 0.25) is 0 Å². The maximum atomic E-state index is 13.8. The summed E-state index contributed by atoms with van der Waals surface area (Å²) in [6.45, 7) is 6.29. The van der Waals surface area contributed by atoms with Crippen LogP contribution in [0, 0.1) is 6.92 Å². The number of ether oxygens (including phenoxy) is 1. The fourth-order valence-electron chi connectivity index (χ4n) is 4.42. The first-order chi connectivity index (χ1) is 17.8. The topological polar surface area (TPSA) is 83.9 Å². The molecule has 0 N–H and O–H groups in total. The van der Waals surface area contributed by atoms with Crippen molar-refractivity contribution in [1.29, 1.82) is 0 Å². The van der Waals surface area contributed by atoms with E-state index in [0.29, 0.717) is 39.8 Å². The van der Waals surface area contributed by atoms with Crippen molar-refractivity contribution < 1.29 is 4.74 Å². The molecule has 0 amide bonds. The highest BCUT2D eigenvalue weighted by atomic mass is 35.5. The lowest BCUT2D eigenvalue weighted by Crippen LogP contribution is -2.24. The monoisotopic (exact) mass is 515 g/mol. The summed E-state index contributed by atoms with van der Waals surface area (Å²) >= 11 is 6.04. The predicted molar refractivity (Wildman–Crippen MR) is 144 cm³/mol. The average molecular weight is 516 g/mol. The second-order valence-corrected chi connectivity index (χ2v) is 9.43. The Hall–Kier alpha value is -4.17. The van der Waals surface area contributed by atoms with Gasteiger partial charge in [0.05, 0.1) is 35.8 Å². The molecule has 5 aromatic rings. The van der Waals surface area contributed by atoms with Crippen molar-refractivity contribution >= 4 is 22.5 Å². The molecule has 37 heavy (non-hydrogen) atoms. The van der Waals surface area contributed by atoms with Gasteiger partial charge in [-0.3, -0.25) is 14.3 Å².